The molecule has 0 aliphatic rings. The fourth-order valence-electron chi connectivity index (χ4n) is 4.13. The minimum atomic E-state index is -5.09. The topological polar surface area (TPSA) is 328 Å². The largest absolute Gasteiger partial charge is 0.507 e. The molecule has 9 N–H and O–H groups in total. The van der Waals surface area contributed by atoms with Crippen molar-refractivity contribution < 1.29 is 54.2 Å². The van der Waals surface area contributed by atoms with Crippen molar-refractivity contribution in [3.8, 4) is 5.75 Å². The van der Waals surface area contributed by atoms with Crippen LogP contribution >= 0.6 is 11.6 Å². The van der Waals surface area contributed by atoms with Crippen LogP contribution in [0.15, 0.2) is 61.3 Å². The summed E-state index contributed by atoms with van der Waals surface area (Å²) in [7, 11) is -15.1. The lowest BCUT2D eigenvalue weighted by Crippen LogP contribution is -2.31. The second kappa shape index (κ2) is 13.4. The molecular formula is C23H23ClN8O12S3. The van der Waals surface area contributed by atoms with E-state index < -0.39 is 78.6 Å². The highest BCUT2D eigenvalue weighted by atomic mass is 35.5. The van der Waals surface area contributed by atoms with E-state index in [2.05, 4.69) is 30.5 Å². The van der Waals surface area contributed by atoms with Crippen LogP contribution in [0.2, 0.25) is 5.28 Å². The molecule has 0 fully saturated rings. The van der Waals surface area contributed by atoms with Gasteiger partial charge in [-0.3, -0.25) is 13.7 Å². The van der Waals surface area contributed by atoms with Crippen molar-refractivity contribution >= 4 is 87.4 Å². The van der Waals surface area contributed by atoms with Crippen molar-refractivity contribution in [2.75, 3.05) is 42.3 Å². The molecule has 0 saturated heterocycles. The zero-order valence-corrected chi connectivity index (χ0v) is 26.5. The van der Waals surface area contributed by atoms with Crippen molar-refractivity contribution in [2.24, 2.45) is 10.2 Å². The lowest BCUT2D eigenvalue weighted by atomic mass is 10.1. The normalized spacial score (nSPS) is 12.6. The molecule has 24 heteroatoms. The molecule has 0 saturated carbocycles. The Bertz CT molecular complexity index is 2230. The fraction of sp³-hybridized carbons (Fsp3) is 0.174. The Balaban J connectivity index is 1.84. The number of nitrogen functional groups attached to an aromatic ring is 1. The third kappa shape index (κ3) is 8.16. The van der Waals surface area contributed by atoms with Gasteiger partial charge in [-0.1, -0.05) is 0 Å². The summed E-state index contributed by atoms with van der Waals surface area (Å²) in [6.07, 6.45) is 0. The summed E-state index contributed by atoms with van der Waals surface area (Å²) in [5.74, 6) is -1.13. The highest BCUT2D eigenvalue weighted by molar-refractivity contribution is 7.86. The number of nitrogens with two attached hydrogens (primary N) is 1. The number of benzene rings is 3. The molecule has 0 atom stereocenters. The molecule has 1 heterocycles. The smallest absolute Gasteiger partial charge is 0.296 e. The van der Waals surface area contributed by atoms with Crippen LogP contribution in [0.25, 0.3) is 10.8 Å². The van der Waals surface area contributed by atoms with Gasteiger partial charge in [0.1, 0.15) is 26.9 Å². The summed E-state index contributed by atoms with van der Waals surface area (Å²) in [5.41, 5.74) is 3.85. The quantitative estimate of drug-likeness (QED) is 0.0582. The molecule has 0 spiro atoms. The van der Waals surface area contributed by atoms with Crippen molar-refractivity contribution in [1.82, 2.24) is 15.0 Å². The Labute approximate surface area is 270 Å². The summed E-state index contributed by atoms with van der Waals surface area (Å²) in [6.45, 7) is -0.572. The first-order valence-corrected chi connectivity index (χ1v) is 17.3. The summed E-state index contributed by atoms with van der Waals surface area (Å²) in [6, 6.07) is 5.18. The fourth-order valence-corrected chi connectivity index (χ4v) is 6.13. The van der Waals surface area contributed by atoms with Gasteiger partial charge >= 0.3 is 0 Å². The van der Waals surface area contributed by atoms with E-state index in [1.807, 2.05) is 0 Å². The third-order valence-corrected chi connectivity index (χ3v) is 8.89. The molecule has 0 aliphatic carbocycles. The predicted molar refractivity (Wildman–Crippen MR) is 165 cm³/mol. The van der Waals surface area contributed by atoms with Crippen LogP contribution in [0.4, 0.5) is 34.6 Å². The van der Waals surface area contributed by atoms with Crippen molar-refractivity contribution in [1.29, 1.82) is 0 Å². The van der Waals surface area contributed by atoms with Crippen LogP contribution in [0, 0.1) is 0 Å². The minimum Gasteiger partial charge on any atom is -0.507 e. The lowest BCUT2D eigenvalue weighted by molar-refractivity contribution is 0.280. The number of azo groups is 1. The Hall–Kier alpha value is -4.33. The van der Waals surface area contributed by atoms with E-state index >= 15 is 0 Å². The number of aromatic hydroxyl groups is 1. The number of aromatic nitrogens is 3. The van der Waals surface area contributed by atoms with Gasteiger partial charge in [0.25, 0.3) is 30.4 Å². The Morgan fingerprint density at radius 3 is 2.04 bits per heavy atom. The van der Waals surface area contributed by atoms with Crippen molar-refractivity contribution in [2.45, 2.75) is 14.7 Å². The second-order valence-corrected chi connectivity index (χ2v) is 13.8. The zero-order chi connectivity index (χ0) is 34.9. The number of fused-ring (bicyclic) bond motifs is 1. The SMILES string of the molecule is Nc1c(S(=O)(=O)O)cc2cc(S(=O)(=O)O)cc(O)c2c1N=Nc1ccc(Nc2nc(Cl)nc(N(CCO)CCO)n2)cc1S(=O)(=O)O. The second-order valence-electron chi connectivity index (χ2n) is 9.27. The van der Waals surface area contributed by atoms with E-state index in [0.717, 1.165) is 18.2 Å². The van der Waals surface area contributed by atoms with Crippen LogP contribution < -0.4 is 16.0 Å². The van der Waals surface area contributed by atoms with Crippen LogP contribution in [-0.4, -0.2) is 95.5 Å². The first-order valence-electron chi connectivity index (χ1n) is 12.6. The molecular weight excluding hydrogens is 712 g/mol. The molecule has 0 bridgehead atoms. The lowest BCUT2D eigenvalue weighted by Gasteiger charge is -2.20. The first kappa shape index (κ1) is 35.5. The highest BCUT2D eigenvalue weighted by Crippen LogP contribution is 2.44. The maximum atomic E-state index is 12.3. The zero-order valence-electron chi connectivity index (χ0n) is 23.3. The Morgan fingerprint density at radius 1 is 0.830 bits per heavy atom. The van der Waals surface area contributed by atoms with E-state index in [-0.39, 0.29) is 49.2 Å². The van der Waals surface area contributed by atoms with Crippen LogP contribution in [-0.2, 0) is 30.4 Å². The number of anilines is 4. The number of hydrogen-bond donors (Lipinski definition) is 8. The molecule has 252 valence electrons. The summed E-state index contributed by atoms with van der Waals surface area (Å²) < 4.78 is 101. The molecule has 3 aromatic carbocycles. The minimum absolute atomic E-state index is 0.0271. The van der Waals surface area contributed by atoms with Gasteiger partial charge in [0, 0.05) is 24.8 Å². The van der Waals surface area contributed by atoms with Gasteiger partial charge in [-0.15, -0.1) is 10.2 Å². The number of nitrogens with zero attached hydrogens (tertiary/aromatic N) is 6. The number of phenols is 1. The van der Waals surface area contributed by atoms with E-state index in [0.29, 0.717) is 12.1 Å². The monoisotopic (exact) mass is 734 g/mol. The molecule has 4 rings (SSSR count). The molecule has 0 radical (unpaired) electrons. The number of rotatable bonds is 12. The summed E-state index contributed by atoms with van der Waals surface area (Å²) in [4.78, 5) is 10.6. The predicted octanol–water partition coefficient (Wildman–Crippen LogP) is 1.66. The average molecular weight is 735 g/mol. The van der Waals surface area contributed by atoms with Crippen molar-refractivity contribution in [3.05, 3.63) is 41.7 Å². The number of nitrogens with one attached hydrogen (secondary N) is 1. The van der Waals surface area contributed by atoms with E-state index in [9.17, 15) is 54.2 Å². The van der Waals surface area contributed by atoms with Gasteiger partial charge in [0.15, 0.2) is 0 Å². The van der Waals surface area contributed by atoms with Gasteiger partial charge < -0.3 is 31.3 Å². The molecule has 47 heavy (non-hydrogen) atoms. The molecule has 1 aromatic heterocycles. The molecule has 4 aromatic rings. The van der Waals surface area contributed by atoms with Crippen molar-refractivity contribution in [3.63, 3.8) is 0 Å². The van der Waals surface area contributed by atoms with Gasteiger partial charge in [-0.25, -0.2) is 0 Å². The van der Waals surface area contributed by atoms with Gasteiger partial charge in [0.05, 0.1) is 29.2 Å². The van der Waals surface area contributed by atoms with E-state index in [1.54, 1.807) is 0 Å². The number of halogens is 1. The van der Waals surface area contributed by atoms with Gasteiger partial charge in [-0.05, 0) is 47.3 Å². The molecule has 0 unspecified atom stereocenters. The summed E-state index contributed by atoms with van der Waals surface area (Å²) >= 11 is 5.98. The standard InChI is InChI=1S/C23H23ClN8O12S3/c24-21-27-22(29-23(28-21)32(3-5-33)4-6-34)26-12-1-2-14(16(9-12)46(39,40)41)30-31-20-18-11(8-17(19(20)25)47(42,43)44)7-13(10-15(18)35)45(36,37)38/h1-2,7-10,33-35H,3-6,25H2,(H,36,37,38)(H,39,40,41)(H,42,43,44)(H,26,27,28,29). The molecule has 0 aliphatic heterocycles. The number of hydrogen-bond acceptors (Lipinski definition) is 17. The first-order chi connectivity index (χ1) is 21.8. The average Bonchev–Trinajstić information content (AvgIpc) is 2.95. The van der Waals surface area contributed by atoms with E-state index in [4.69, 9.17) is 17.3 Å². The highest BCUT2D eigenvalue weighted by Gasteiger charge is 2.25. The van der Waals surface area contributed by atoms with Crippen LogP contribution in [0.5, 0.6) is 5.75 Å². The molecule has 20 nitrogen and oxygen atoms in total. The maximum absolute atomic E-state index is 12.3. The number of aliphatic hydroxyl groups is 2. The summed E-state index contributed by atoms with van der Waals surface area (Å²) in [5, 5.41) is 38.2. The number of phenolic OH excluding ortho intramolecular Hbond substituents is 1. The van der Waals surface area contributed by atoms with E-state index in [1.165, 1.54) is 11.0 Å². The van der Waals surface area contributed by atoms with Gasteiger partial charge in [-0.2, -0.15) is 40.2 Å². The molecule has 0 amide bonds. The third-order valence-electron chi connectivity index (χ3n) is 6.11. The maximum Gasteiger partial charge on any atom is 0.296 e. The number of aliphatic hydroxyl groups excluding tert-OH is 2. The Kier molecular flexibility index (Phi) is 10.1. The Morgan fingerprint density at radius 2 is 1.47 bits per heavy atom. The van der Waals surface area contributed by atoms with Crippen LogP contribution in [0.3, 0.4) is 0 Å². The van der Waals surface area contributed by atoms with Crippen LogP contribution in [0.1, 0.15) is 0 Å². The van der Waals surface area contributed by atoms with Gasteiger partial charge in [0.2, 0.25) is 17.2 Å².